The van der Waals surface area contributed by atoms with Crippen molar-refractivity contribution in [2.45, 2.75) is 23.2 Å². The third-order valence-corrected chi connectivity index (χ3v) is 8.40. The zero-order valence-corrected chi connectivity index (χ0v) is 20.8. The van der Waals surface area contributed by atoms with Gasteiger partial charge in [0, 0.05) is 12.7 Å². The molecule has 0 aliphatic rings. The Morgan fingerprint density at radius 2 is 1.77 bits per heavy atom. The molecule has 0 aliphatic heterocycles. The van der Waals surface area contributed by atoms with Crippen LogP contribution in [0.3, 0.4) is 0 Å². The van der Waals surface area contributed by atoms with E-state index in [2.05, 4.69) is 21.1 Å². The molecule has 0 saturated heterocycles. The Labute approximate surface area is 212 Å². The molecule has 180 valence electrons. The molecular weight excluding hydrogens is 506 g/mol. The van der Waals surface area contributed by atoms with Gasteiger partial charge in [-0.25, -0.2) is 13.4 Å². The highest BCUT2D eigenvalue weighted by Gasteiger charge is 2.26. The molecule has 4 aromatic rings. The first-order valence-corrected chi connectivity index (χ1v) is 13.3. The second-order valence-corrected chi connectivity index (χ2v) is 11.4. The summed E-state index contributed by atoms with van der Waals surface area (Å²) in [5, 5.41) is 12.9. The molecule has 7 nitrogen and oxygen atoms in total. The summed E-state index contributed by atoms with van der Waals surface area (Å²) in [6, 6.07) is 22.7. The number of nitrogens with zero attached hydrogens (tertiary/aromatic N) is 1. The molecule has 0 amide bonds. The minimum Gasteiger partial charge on any atom is -0.480 e. The molecule has 0 bridgehead atoms. The topological polar surface area (TPSA) is 108 Å². The van der Waals surface area contributed by atoms with E-state index in [9.17, 15) is 18.3 Å². The van der Waals surface area contributed by atoms with Gasteiger partial charge in [-0.1, -0.05) is 60.1 Å². The van der Waals surface area contributed by atoms with Gasteiger partial charge in [-0.3, -0.25) is 4.79 Å². The van der Waals surface area contributed by atoms with E-state index < -0.39 is 22.0 Å². The molecule has 0 unspecified atom stereocenters. The molecule has 10 heteroatoms. The summed E-state index contributed by atoms with van der Waals surface area (Å²) in [5.41, 5.74) is 3.77. The summed E-state index contributed by atoms with van der Waals surface area (Å²) in [5.74, 6) is -0.457. The van der Waals surface area contributed by atoms with Gasteiger partial charge in [-0.15, -0.1) is 11.3 Å². The number of benzene rings is 2. The van der Waals surface area contributed by atoms with E-state index in [0.29, 0.717) is 16.4 Å². The van der Waals surface area contributed by atoms with Crippen LogP contribution in [-0.2, 0) is 27.8 Å². The van der Waals surface area contributed by atoms with Gasteiger partial charge in [0.15, 0.2) is 0 Å². The first kappa shape index (κ1) is 24.9. The van der Waals surface area contributed by atoms with Crippen LogP contribution in [0.1, 0.15) is 11.1 Å². The van der Waals surface area contributed by atoms with E-state index >= 15 is 0 Å². The summed E-state index contributed by atoms with van der Waals surface area (Å²) in [7, 11) is -3.99. The third-order valence-electron chi connectivity index (χ3n) is 5.20. The zero-order valence-electron chi connectivity index (χ0n) is 18.4. The number of hydrogen-bond acceptors (Lipinski definition) is 6. The fourth-order valence-electron chi connectivity index (χ4n) is 3.46. The van der Waals surface area contributed by atoms with Crippen molar-refractivity contribution in [3.05, 3.63) is 101 Å². The number of carboxylic acids is 1. The fraction of sp³-hybridized carbons (Fsp3) is 0.120. The van der Waals surface area contributed by atoms with Crippen molar-refractivity contribution in [1.29, 1.82) is 0 Å². The molecule has 2 aromatic heterocycles. The molecule has 2 aromatic carbocycles. The molecule has 0 fully saturated rings. The van der Waals surface area contributed by atoms with Crippen LogP contribution in [0.5, 0.6) is 0 Å². The Bertz CT molecular complexity index is 1410. The number of carbonyl (C=O) groups is 1. The number of hydrogen-bond donors (Lipinski definition) is 3. The van der Waals surface area contributed by atoms with E-state index in [1.807, 2.05) is 48.5 Å². The Morgan fingerprint density at radius 1 is 0.971 bits per heavy atom. The lowest BCUT2D eigenvalue weighted by molar-refractivity contribution is -0.138. The number of pyridine rings is 1. The summed E-state index contributed by atoms with van der Waals surface area (Å²) in [6.45, 7) is 0.624. The van der Waals surface area contributed by atoms with Crippen molar-refractivity contribution in [3.8, 4) is 11.1 Å². The summed E-state index contributed by atoms with van der Waals surface area (Å²) in [4.78, 5) is 16.0. The molecule has 1 atom stereocenters. The average Bonchev–Trinajstić information content (AvgIpc) is 3.31. The second kappa shape index (κ2) is 11.0. The van der Waals surface area contributed by atoms with Gasteiger partial charge in [0.25, 0.3) is 10.0 Å². The fourth-order valence-corrected chi connectivity index (χ4v) is 6.15. The molecule has 0 aliphatic carbocycles. The van der Waals surface area contributed by atoms with Crippen LogP contribution in [0, 0.1) is 0 Å². The Kier molecular flexibility index (Phi) is 7.82. The van der Waals surface area contributed by atoms with Gasteiger partial charge in [0.05, 0.1) is 4.34 Å². The van der Waals surface area contributed by atoms with Crippen molar-refractivity contribution in [2.75, 3.05) is 5.32 Å². The van der Waals surface area contributed by atoms with E-state index in [-0.39, 0.29) is 10.6 Å². The van der Waals surface area contributed by atoms with E-state index in [1.54, 1.807) is 18.3 Å². The average molecular weight is 528 g/mol. The minimum absolute atomic E-state index is 0.00197. The monoisotopic (exact) mass is 527 g/mol. The number of aliphatic carboxylic acids is 1. The second-order valence-electron chi connectivity index (χ2n) is 7.74. The molecule has 3 N–H and O–H groups in total. The standard InChI is InChI=1S/C25H22ClN3O4S2/c26-22-11-12-24(34-22)35(32,33)29-21(25(30)31)15-17-7-9-19(10-8-17)20-5-3-4-18(14-20)16-28-23-6-1-2-13-27-23/h1-14,21,29H,15-16H2,(H,27,28)(H,30,31)/t21-/m0/s1. The van der Waals surface area contributed by atoms with Crippen molar-refractivity contribution < 1.29 is 18.3 Å². The minimum atomic E-state index is -3.99. The highest BCUT2D eigenvalue weighted by molar-refractivity contribution is 7.91. The van der Waals surface area contributed by atoms with E-state index in [0.717, 1.165) is 33.8 Å². The summed E-state index contributed by atoms with van der Waals surface area (Å²) < 4.78 is 27.6. The lowest BCUT2D eigenvalue weighted by Gasteiger charge is -2.14. The summed E-state index contributed by atoms with van der Waals surface area (Å²) in [6.07, 6.45) is 1.74. The van der Waals surface area contributed by atoms with Crippen LogP contribution in [0.25, 0.3) is 11.1 Å². The van der Waals surface area contributed by atoms with E-state index in [4.69, 9.17) is 11.6 Å². The quantitative estimate of drug-likeness (QED) is 0.266. The maximum Gasteiger partial charge on any atom is 0.322 e. The number of rotatable bonds is 10. The van der Waals surface area contributed by atoms with Crippen LogP contribution in [0.2, 0.25) is 4.34 Å². The Balaban J connectivity index is 1.43. The smallest absolute Gasteiger partial charge is 0.322 e. The number of carboxylic acid groups (broad SMARTS) is 1. The first-order valence-electron chi connectivity index (χ1n) is 10.6. The van der Waals surface area contributed by atoms with Crippen LogP contribution in [0.4, 0.5) is 5.82 Å². The molecular formula is C25H22ClN3O4S2. The van der Waals surface area contributed by atoms with Crippen LogP contribution in [-0.4, -0.2) is 30.5 Å². The highest BCUT2D eigenvalue weighted by atomic mass is 35.5. The van der Waals surface area contributed by atoms with Crippen LogP contribution < -0.4 is 10.0 Å². The van der Waals surface area contributed by atoms with Crippen molar-refractivity contribution in [3.63, 3.8) is 0 Å². The van der Waals surface area contributed by atoms with Gasteiger partial charge >= 0.3 is 5.97 Å². The number of sulfonamides is 1. The first-order chi connectivity index (χ1) is 16.8. The Morgan fingerprint density at radius 3 is 2.43 bits per heavy atom. The van der Waals surface area contributed by atoms with Crippen molar-refractivity contribution >= 4 is 44.7 Å². The van der Waals surface area contributed by atoms with E-state index in [1.165, 1.54) is 12.1 Å². The SMILES string of the molecule is O=C(O)[C@H](Cc1ccc(-c2cccc(CNc3ccccn3)c2)cc1)NS(=O)(=O)c1ccc(Cl)s1. The lowest BCUT2D eigenvalue weighted by Crippen LogP contribution is -2.42. The number of nitrogens with one attached hydrogen (secondary N) is 2. The predicted octanol–water partition coefficient (Wildman–Crippen LogP) is 5.05. The van der Waals surface area contributed by atoms with Gasteiger partial charge in [-0.05, 0) is 59.0 Å². The molecule has 0 saturated carbocycles. The molecule has 0 radical (unpaired) electrons. The number of halogens is 1. The Hall–Kier alpha value is -3.24. The molecule has 2 heterocycles. The predicted molar refractivity (Wildman–Crippen MR) is 138 cm³/mol. The van der Waals surface area contributed by atoms with Gasteiger partial charge in [0.1, 0.15) is 16.1 Å². The lowest BCUT2D eigenvalue weighted by atomic mass is 9.99. The number of anilines is 1. The van der Waals surface area contributed by atoms with Crippen LogP contribution >= 0.6 is 22.9 Å². The van der Waals surface area contributed by atoms with Gasteiger partial charge in [0.2, 0.25) is 0 Å². The maximum absolute atomic E-state index is 12.5. The van der Waals surface area contributed by atoms with Crippen molar-refractivity contribution in [2.24, 2.45) is 0 Å². The maximum atomic E-state index is 12.5. The largest absolute Gasteiger partial charge is 0.480 e. The zero-order chi connectivity index (χ0) is 24.8. The molecule has 0 spiro atoms. The van der Waals surface area contributed by atoms with Gasteiger partial charge < -0.3 is 10.4 Å². The van der Waals surface area contributed by atoms with Gasteiger partial charge in [-0.2, -0.15) is 4.72 Å². The van der Waals surface area contributed by atoms with Crippen LogP contribution in [0.15, 0.2) is 89.3 Å². The number of thiophene rings is 1. The molecule has 35 heavy (non-hydrogen) atoms. The molecule has 4 rings (SSSR count). The number of aromatic nitrogens is 1. The third kappa shape index (κ3) is 6.67. The van der Waals surface area contributed by atoms with Crippen molar-refractivity contribution in [1.82, 2.24) is 9.71 Å². The normalized spacial score (nSPS) is 12.3. The highest BCUT2D eigenvalue weighted by Crippen LogP contribution is 2.26. The summed E-state index contributed by atoms with van der Waals surface area (Å²) >= 11 is 6.69.